The van der Waals surface area contributed by atoms with Gasteiger partial charge in [-0.15, -0.1) is 0 Å². The van der Waals surface area contributed by atoms with Crippen LogP contribution in [-0.4, -0.2) is 37.6 Å². The first-order chi connectivity index (χ1) is 15.4. The predicted molar refractivity (Wildman–Crippen MR) is 122 cm³/mol. The van der Waals surface area contributed by atoms with Crippen LogP contribution in [0.15, 0.2) is 47.4 Å². The van der Waals surface area contributed by atoms with E-state index in [9.17, 15) is 18.0 Å². The number of hydrazine groups is 1. The Morgan fingerprint density at radius 3 is 2.34 bits per heavy atom. The molecule has 0 radical (unpaired) electrons. The van der Waals surface area contributed by atoms with Crippen LogP contribution in [0.2, 0.25) is 5.02 Å². The van der Waals surface area contributed by atoms with Crippen LogP contribution in [0.1, 0.15) is 47.2 Å². The maximum atomic E-state index is 13.1. The van der Waals surface area contributed by atoms with Gasteiger partial charge < -0.3 is 0 Å². The Morgan fingerprint density at radius 2 is 1.62 bits per heavy atom. The Bertz CT molecular complexity index is 1130. The molecule has 2 aromatic carbocycles. The van der Waals surface area contributed by atoms with Gasteiger partial charge >= 0.3 is 0 Å². The van der Waals surface area contributed by atoms with Crippen LogP contribution >= 0.6 is 11.6 Å². The number of amides is 2. The van der Waals surface area contributed by atoms with Gasteiger partial charge in [-0.3, -0.25) is 20.4 Å². The van der Waals surface area contributed by atoms with E-state index in [2.05, 4.69) is 10.9 Å². The van der Waals surface area contributed by atoms with Crippen LogP contribution in [0.4, 0.5) is 0 Å². The highest BCUT2D eigenvalue weighted by Gasteiger charge is 2.32. The number of halogens is 1. The summed E-state index contributed by atoms with van der Waals surface area (Å²) in [6, 6.07) is 12.0. The van der Waals surface area contributed by atoms with Crippen molar-refractivity contribution >= 4 is 33.4 Å². The fraction of sp³-hybridized carbons (Fsp3) is 0.391. The van der Waals surface area contributed by atoms with Gasteiger partial charge in [-0.25, -0.2) is 8.42 Å². The van der Waals surface area contributed by atoms with Gasteiger partial charge in [-0.1, -0.05) is 29.8 Å². The Labute approximate surface area is 193 Å². The molecular weight excluding hydrogens is 450 g/mol. The second kappa shape index (κ2) is 9.60. The molecule has 2 aliphatic rings. The minimum absolute atomic E-state index is 0.260. The zero-order chi connectivity index (χ0) is 22.7. The van der Waals surface area contributed by atoms with E-state index in [1.807, 2.05) is 12.1 Å². The van der Waals surface area contributed by atoms with Crippen LogP contribution in [0.3, 0.4) is 0 Å². The molecule has 1 aliphatic heterocycles. The normalized spacial score (nSPS) is 17.4. The molecule has 32 heavy (non-hydrogen) atoms. The van der Waals surface area contributed by atoms with Crippen molar-refractivity contribution < 1.29 is 18.0 Å². The van der Waals surface area contributed by atoms with E-state index in [4.69, 9.17) is 11.6 Å². The molecule has 170 valence electrons. The molecule has 0 atom stereocenters. The summed E-state index contributed by atoms with van der Waals surface area (Å²) in [5.41, 5.74) is 7.44. The summed E-state index contributed by atoms with van der Waals surface area (Å²) >= 11 is 6.00. The highest BCUT2D eigenvalue weighted by Crippen LogP contribution is 2.28. The third kappa shape index (κ3) is 4.82. The van der Waals surface area contributed by atoms with E-state index in [0.717, 1.165) is 31.2 Å². The lowest BCUT2D eigenvalue weighted by molar-refractivity contribution is -0.126. The Morgan fingerprint density at radius 1 is 0.938 bits per heavy atom. The molecule has 2 aromatic rings. The van der Waals surface area contributed by atoms with Gasteiger partial charge in [0.15, 0.2) is 0 Å². The van der Waals surface area contributed by atoms with Crippen LogP contribution in [0.5, 0.6) is 0 Å². The number of nitrogens with one attached hydrogen (secondary N) is 2. The first kappa shape index (κ1) is 22.8. The van der Waals surface area contributed by atoms with Crippen LogP contribution in [0, 0.1) is 5.92 Å². The van der Waals surface area contributed by atoms with Gasteiger partial charge in [0, 0.05) is 19.0 Å². The van der Waals surface area contributed by atoms with E-state index < -0.39 is 15.9 Å². The van der Waals surface area contributed by atoms with E-state index in [0.29, 0.717) is 22.8 Å². The quantitative estimate of drug-likeness (QED) is 0.664. The number of piperidine rings is 1. The Hall–Kier alpha value is -2.42. The smallest absolute Gasteiger partial charge is 0.271 e. The zero-order valence-corrected chi connectivity index (χ0v) is 19.2. The molecule has 4 rings (SSSR count). The van der Waals surface area contributed by atoms with Crippen LogP contribution in [-0.2, 0) is 27.7 Å². The summed E-state index contributed by atoms with van der Waals surface area (Å²) in [6.45, 7) is 0.520. The lowest BCUT2D eigenvalue weighted by atomic mass is 9.92. The molecule has 2 N–H and O–H groups in total. The van der Waals surface area contributed by atoms with Gasteiger partial charge in [0.2, 0.25) is 15.9 Å². The number of hydrogen-bond donors (Lipinski definition) is 2. The molecule has 7 nitrogen and oxygen atoms in total. The maximum Gasteiger partial charge on any atom is 0.271 e. The van der Waals surface area contributed by atoms with Gasteiger partial charge in [-0.05, 0) is 73.9 Å². The van der Waals surface area contributed by atoms with E-state index >= 15 is 0 Å². The summed E-state index contributed by atoms with van der Waals surface area (Å²) in [6.07, 6.45) is 4.93. The number of fused-ring (bicyclic) bond motifs is 1. The van der Waals surface area contributed by atoms with Crippen molar-refractivity contribution in [2.75, 3.05) is 13.1 Å². The third-order valence-electron chi connectivity index (χ3n) is 6.20. The van der Waals surface area contributed by atoms with Crippen LogP contribution in [0.25, 0.3) is 0 Å². The number of rotatable bonds is 4. The second-order valence-corrected chi connectivity index (χ2v) is 10.6. The zero-order valence-electron chi connectivity index (χ0n) is 17.6. The topological polar surface area (TPSA) is 95.6 Å². The lowest BCUT2D eigenvalue weighted by Crippen LogP contribution is -2.48. The number of nitrogens with zero attached hydrogens (tertiary/aromatic N) is 1. The van der Waals surface area contributed by atoms with Crippen molar-refractivity contribution in [3.8, 4) is 0 Å². The number of sulfonamides is 1. The molecule has 0 spiro atoms. The summed E-state index contributed by atoms with van der Waals surface area (Å²) in [4.78, 5) is 25.0. The number of aryl methyl sites for hydroxylation is 2. The predicted octanol–water partition coefficient (Wildman–Crippen LogP) is 3.08. The van der Waals surface area contributed by atoms with Crippen molar-refractivity contribution in [3.05, 3.63) is 64.2 Å². The molecule has 1 fully saturated rings. The number of carbonyl (C=O) groups excluding carboxylic acids is 2. The highest BCUT2D eigenvalue weighted by molar-refractivity contribution is 7.89. The average Bonchev–Trinajstić information content (AvgIpc) is 2.82. The van der Waals surface area contributed by atoms with E-state index in [1.54, 1.807) is 30.3 Å². The first-order valence-electron chi connectivity index (χ1n) is 10.8. The van der Waals surface area contributed by atoms with Gasteiger partial charge in [0.25, 0.3) is 5.91 Å². The minimum atomic E-state index is -3.59. The molecule has 1 saturated heterocycles. The monoisotopic (exact) mass is 475 g/mol. The molecule has 0 aromatic heterocycles. The summed E-state index contributed by atoms with van der Waals surface area (Å²) < 4.78 is 27.7. The first-order valence-corrected chi connectivity index (χ1v) is 12.6. The molecule has 2 amide bonds. The van der Waals surface area contributed by atoms with Gasteiger partial charge in [0.05, 0.1) is 15.5 Å². The largest absolute Gasteiger partial charge is 0.273 e. The van der Waals surface area contributed by atoms with Crippen molar-refractivity contribution in [2.24, 2.45) is 5.92 Å². The van der Waals surface area contributed by atoms with Crippen molar-refractivity contribution in [1.29, 1.82) is 0 Å². The summed E-state index contributed by atoms with van der Waals surface area (Å²) in [5, 5.41) is 0.292. The van der Waals surface area contributed by atoms with Gasteiger partial charge in [-0.2, -0.15) is 4.31 Å². The van der Waals surface area contributed by atoms with E-state index in [-0.39, 0.29) is 30.5 Å². The molecule has 1 heterocycles. The molecule has 0 saturated carbocycles. The lowest BCUT2D eigenvalue weighted by Gasteiger charge is -2.31. The average molecular weight is 476 g/mol. The van der Waals surface area contributed by atoms with Crippen LogP contribution < -0.4 is 10.9 Å². The van der Waals surface area contributed by atoms with E-state index in [1.165, 1.54) is 9.87 Å². The molecule has 1 aliphatic carbocycles. The van der Waals surface area contributed by atoms with Crippen molar-refractivity contribution in [3.63, 3.8) is 0 Å². The van der Waals surface area contributed by atoms with Gasteiger partial charge in [0.1, 0.15) is 0 Å². The SMILES string of the molecule is O=C(NNC(=O)C1CCN(S(=O)(=O)c2ccc3c(c2)CCCC3)CC1)c1ccccc1Cl. The molecule has 0 unspecified atom stereocenters. The molecule has 0 bridgehead atoms. The standard InChI is InChI=1S/C23H26ClN3O4S/c24-21-8-4-3-7-20(21)23(29)26-25-22(28)17-11-13-27(14-12-17)32(30,31)19-10-9-16-5-1-2-6-18(16)15-19/h3-4,7-10,15,17H,1-2,5-6,11-14H2,(H,25,28)(H,26,29). The minimum Gasteiger partial charge on any atom is -0.273 e. The Balaban J connectivity index is 1.33. The summed E-state index contributed by atoms with van der Waals surface area (Å²) in [5.74, 6) is -1.22. The molecule has 9 heteroatoms. The molecular formula is C23H26ClN3O4S. The highest BCUT2D eigenvalue weighted by atomic mass is 35.5. The van der Waals surface area contributed by atoms with Crippen molar-refractivity contribution in [1.82, 2.24) is 15.2 Å². The maximum absolute atomic E-state index is 13.1. The fourth-order valence-corrected chi connectivity index (χ4v) is 6.05. The fourth-order valence-electron chi connectivity index (χ4n) is 4.31. The van der Waals surface area contributed by atoms with Crippen molar-refractivity contribution in [2.45, 2.75) is 43.4 Å². The number of benzene rings is 2. The Kier molecular flexibility index (Phi) is 6.83. The number of carbonyl (C=O) groups is 2. The third-order valence-corrected chi connectivity index (χ3v) is 8.42. The number of hydrogen-bond acceptors (Lipinski definition) is 4. The summed E-state index contributed by atoms with van der Waals surface area (Å²) in [7, 11) is -3.59. The second-order valence-electron chi connectivity index (χ2n) is 8.24.